The summed E-state index contributed by atoms with van der Waals surface area (Å²) in [6.07, 6.45) is 0. The average molecular weight is 729 g/mol. The predicted octanol–water partition coefficient (Wildman–Crippen LogP) is 14.7. The van der Waals surface area contributed by atoms with Crippen molar-refractivity contribution in [3.8, 4) is 55.6 Å². The van der Waals surface area contributed by atoms with Crippen LogP contribution >= 0.6 is 0 Å². The summed E-state index contributed by atoms with van der Waals surface area (Å²) in [6.45, 7) is 1.77. The highest BCUT2D eigenvalue weighted by molar-refractivity contribution is 6.16. The molecule has 1 nitrogen and oxygen atoms in total. The summed E-state index contributed by atoms with van der Waals surface area (Å²) in [5.74, 6) is 0. The van der Waals surface area contributed by atoms with E-state index in [0.717, 1.165) is 17.6 Å². The number of hydrogen-bond donors (Lipinski definition) is 0. The highest BCUT2D eigenvalue weighted by Crippen LogP contribution is 2.52. The minimum absolute atomic E-state index is 0.813. The first-order chi connectivity index (χ1) is 28.0. The third-order valence-corrected chi connectivity index (χ3v) is 12.3. The molecule has 0 amide bonds. The third kappa shape index (κ3) is 5.50. The van der Waals surface area contributed by atoms with Gasteiger partial charge in [0.05, 0.1) is 14.1 Å². The van der Waals surface area contributed by atoms with Crippen LogP contribution in [0.2, 0.25) is 0 Å². The molecule has 10 aromatic rings. The van der Waals surface area contributed by atoms with Crippen LogP contribution in [0.25, 0.3) is 98.7 Å². The summed E-state index contributed by atoms with van der Waals surface area (Å²) >= 11 is 0. The van der Waals surface area contributed by atoms with Crippen LogP contribution in [0.5, 0.6) is 0 Å². The minimum atomic E-state index is 0.813. The van der Waals surface area contributed by atoms with Gasteiger partial charge in [-0.2, -0.15) is 0 Å². The van der Waals surface area contributed by atoms with Crippen molar-refractivity contribution in [3.05, 3.63) is 205 Å². The van der Waals surface area contributed by atoms with Crippen LogP contribution in [0.4, 0.5) is 0 Å². The number of hydrogen-bond acceptors (Lipinski definition) is 0. The van der Waals surface area contributed by atoms with Crippen LogP contribution in [0.3, 0.4) is 0 Å². The zero-order chi connectivity index (χ0) is 38.1. The summed E-state index contributed by atoms with van der Waals surface area (Å²) in [6, 6.07) is 72.3. The first-order valence-electron chi connectivity index (χ1n) is 20.1. The predicted molar refractivity (Wildman–Crippen MR) is 243 cm³/mol. The number of nitrogens with zero attached hydrogens (tertiary/aromatic N) is 1. The molecular weight excluding hydrogens is 687 g/mol. The van der Waals surface area contributed by atoms with E-state index < -0.39 is 0 Å². The smallest absolute Gasteiger partial charge is 0.105 e. The van der Waals surface area contributed by atoms with E-state index in [0.29, 0.717) is 0 Å². The first-order valence-corrected chi connectivity index (χ1v) is 20.1. The van der Waals surface area contributed by atoms with Crippen molar-refractivity contribution in [2.75, 3.05) is 14.1 Å². The van der Waals surface area contributed by atoms with E-state index >= 15 is 0 Å². The van der Waals surface area contributed by atoms with Gasteiger partial charge in [-0.25, -0.2) is 0 Å². The van der Waals surface area contributed by atoms with E-state index in [4.69, 9.17) is 0 Å². The zero-order valence-electron chi connectivity index (χ0n) is 32.3. The Labute approximate surface area is 334 Å². The molecule has 1 heterocycles. The van der Waals surface area contributed by atoms with Crippen molar-refractivity contribution in [2.45, 2.75) is 13.1 Å². The van der Waals surface area contributed by atoms with Crippen molar-refractivity contribution >= 4 is 43.1 Å². The van der Waals surface area contributed by atoms with Crippen molar-refractivity contribution in [3.63, 3.8) is 0 Å². The van der Waals surface area contributed by atoms with Gasteiger partial charge in [0.2, 0.25) is 0 Å². The maximum Gasteiger partial charge on any atom is 0.105 e. The Morgan fingerprint density at radius 1 is 0.298 bits per heavy atom. The fraction of sp³-hybridized carbons (Fsp3) is 0.0714. The molecule has 10 aromatic carbocycles. The second-order valence-electron chi connectivity index (χ2n) is 16.4. The van der Waals surface area contributed by atoms with Gasteiger partial charge < -0.3 is 4.48 Å². The van der Waals surface area contributed by atoms with E-state index in [1.807, 2.05) is 0 Å². The number of benzene rings is 10. The van der Waals surface area contributed by atoms with Crippen LogP contribution < -0.4 is 0 Å². The van der Waals surface area contributed by atoms with E-state index in [9.17, 15) is 0 Å². The Hall–Kier alpha value is -6.80. The van der Waals surface area contributed by atoms with E-state index in [1.165, 1.54) is 110 Å². The molecule has 0 aromatic heterocycles. The van der Waals surface area contributed by atoms with Gasteiger partial charge in [-0.1, -0.05) is 182 Å². The Kier molecular flexibility index (Phi) is 7.74. The molecule has 270 valence electrons. The van der Waals surface area contributed by atoms with E-state index in [1.54, 1.807) is 0 Å². The summed E-state index contributed by atoms with van der Waals surface area (Å²) in [7, 11) is 4.86. The molecule has 11 rings (SSSR count). The van der Waals surface area contributed by atoms with E-state index in [-0.39, 0.29) is 0 Å². The molecule has 1 aliphatic heterocycles. The van der Waals surface area contributed by atoms with E-state index in [2.05, 4.69) is 208 Å². The van der Waals surface area contributed by atoms with Crippen molar-refractivity contribution in [1.82, 2.24) is 0 Å². The molecule has 0 N–H and O–H groups in total. The van der Waals surface area contributed by atoms with Crippen LogP contribution in [0.15, 0.2) is 194 Å². The maximum absolute atomic E-state index is 2.50. The van der Waals surface area contributed by atoms with Gasteiger partial charge in [-0.3, -0.25) is 0 Å². The normalized spacial score (nSPS) is 13.4. The van der Waals surface area contributed by atoms with Crippen LogP contribution in [-0.4, -0.2) is 18.6 Å². The molecule has 0 saturated carbocycles. The number of fused-ring (bicyclic) bond motifs is 9. The lowest BCUT2D eigenvalue weighted by Gasteiger charge is -2.31. The Morgan fingerprint density at radius 3 is 1.04 bits per heavy atom. The van der Waals surface area contributed by atoms with Gasteiger partial charge in [0.1, 0.15) is 13.1 Å². The van der Waals surface area contributed by atoms with Crippen molar-refractivity contribution in [2.24, 2.45) is 0 Å². The van der Waals surface area contributed by atoms with Crippen LogP contribution in [0, 0.1) is 0 Å². The average Bonchev–Trinajstić information content (AvgIpc) is 3.39. The Balaban J connectivity index is 1.34. The maximum atomic E-state index is 2.50. The highest BCUT2D eigenvalue weighted by atomic mass is 15.3. The summed E-state index contributed by atoms with van der Waals surface area (Å²) in [5.41, 5.74) is 15.8. The lowest BCUT2D eigenvalue weighted by Crippen LogP contribution is -2.37. The molecule has 1 heteroatoms. The molecule has 57 heavy (non-hydrogen) atoms. The van der Waals surface area contributed by atoms with Gasteiger partial charge in [-0.05, 0) is 99.7 Å². The third-order valence-electron chi connectivity index (χ3n) is 12.3. The fourth-order valence-corrected chi connectivity index (χ4v) is 9.88. The Bertz CT molecular complexity index is 2980. The zero-order valence-corrected chi connectivity index (χ0v) is 32.3. The van der Waals surface area contributed by atoms with Crippen LogP contribution in [0.1, 0.15) is 11.1 Å². The summed E-state index contributed by atoms with van der Waals surface area (Å²) in [5, 5.41) is 10.2. The SMILES string of the molecule is C[N+]1(C)Cc2c(-c3c(-c4ccccc4)ccc4ccccc34)cc3ccccc3c2-c2c(c(-c3c(-c4ccccc4)ccc4ccccc34)cc3ccccc23)C1. The molecule has 0 spiro atoms. The molecule has 0 radical (unpaired) electrons. The number of rotatable bonds is 4. The van der Waals surface area contributed by atoms with Crippen LogP contribution in [-0.2, 0) is 13.1 Å². The van der Waals surface area contributed by atoms with Gasteiger partial charge in [0.25, 0.3) is 0 Å². The van der Waals surface area contributed by atoms with Gasteiger partial charge in [-0.15, -0.1) is 0 Å². The standard InChI is InChI=1S/C56H42N/c1-57(2)35-51-49(53-43-25-13-9-21-39(43)29-31-47(53)37-17-5-3-6-18-37)33-41-23-11-15-27-45(41)55(51)56-46-28-16-12-24-42(46)34-50(52(56)36-57)54-44-26-14-10-22-40(44)30-32-48(54)38-19-7-4-8-20-38/h3-34H,35-36H2,1-2H3/q+1. The fourth-order valence-electron chi connectivity index (χ4n) is 9.88. The lowest BCUT2D eigenvalue weighted by molar-refractivity contribution is -0.916. The largest absolute Gasteiger partial charge is 0.321 e. The van der Waals surface area contributed by atoms with Gasteiger partial charge in [0, 0.05) is 22.3 Å². The second kappa shape index (κ2) is 13.2. The quantitative estimate of drug-likeness (QED) is 0.158. The molecule has 0 fully saturated rings. The molecule has 0 bridgehead atoms. The molecule has 0 unspecified atom stereocenters. The summed E-state index contributed by atoms with van der Waals surface area (Å²) < 4.78 is 0.813. The topological polar surface area (TPSA) is 0 Å². The molecule has 0 aliphatic carbocycles. The highest BCUT2D eigenvalue weighted by Gasteiger charge is 2.34. The van der Waals surface area contributed by atoms with Gasteiger partial charge >= 0.3 is 0 Å². The Morgan fingerprint density at radius 2 is 0.632 bits per heavy atom. The summed E-state index contributed by atoms with van der Waals surface area (Å²) in [4.78, 5) is 0. The first kappa shape index (κ1) is 33.5. The molecule has 0 atom stereocenters. The molecular formula is C56H42N+. The molecule has 1 aliphatic rings. The van der Waals surface area contributed by atoms with Crippen molar-refractivity contribution < 1.29 is 4.48 Å². The molecule has 0 saturated heterocycles. The van der Waals surface area contributed by atoms with Gasteiger partial charge in [0.15, 0.2) is 0 Å². The minimum Gasteiger partial charge on any atom is -0.321 e. The lowest BCUT2D eigenvalue weighted by atomic mass is 9.79. The van der Waals surface area contributed by atoms with Crippen molar-refractivity contribution in [1.29, 1.82) is 0 Å². The second-order valence-corrected chi connectivity index (χ2v) is 16.4. The monoisotopic (exact) mass is 728 g/mol. The number of quaternary nitrogens is 1.